The molecule has 0 bridgehead atoms. The van der Waals surface area contributed by atoms with Crippen molar-refractivity contribution in [3.8, 4) is 11.3 Å². The van der Waals surface area contributed by atoms with E-state index < -0.39 is 14.9 Å². The highest BCUT2D eigenvalue weighted by Gasteiger charge is 2.32. The maximum absolute atomic E-state index is 13.7. The molecule has 0 spiro atoms. The predicted octanol–water partition coefficient (Wildman–Crippen LogP) is 6.00. The highest BCUT2D eigenvalue weighted by atomic mass is 32.2. The summed E-state index contributed by atoms with van der Waals surface area (Å²) in [6.45, 7) is 1.09. The maximum atomic E-state index is 13.7. The lowest BCUT2D eigenvalue weighted by molar-refractivity contribution is -0.384. The van der Waals surface area contributed by atoms with Crippen LogP contribution in [0.4, 0.5) is 15.2 Å². The number of thiazole rings is 1. The maximum Gasteiger partial charge on any atom is 0.270 e. The van der Waals surface area contributed by atoms with Gasteiger partial charge >= 0.3 is 0 Å². The molecule has 6 rings (SSSR count). The lowest BCUT2D eigenvalue weighted by Gasteiger charge is -2.21. The second-order valence-corrected chi connectivity index (χ2v) is 12.4. The third-order valence-corrected chi connectivity index (χ3v) is 9.84. The van der Waals surface area contributed by atoms with Crippen LogP contribution in [0, 0.1) is 15.9 Å². The smallest absolute Gasteiger partial charge is 0.258 e. The molecule has 1 fully saturated rings. The molecule has 0 amide bonds. The average Bonchev–Trinajstić information content (AvgIpc) is 3.75. The van der Waals surface area contributed by atoms with Gasteiger partial charge in [0.05, 0.1) is 27.3 Å². The molecule has 1 aromatic heterocycles. The molecule has 204 valence electrons. The first kappa shape index (κ1) is 26.2. The molecule has 1 atom stereocenters. The average molecular weight is 578 g/mol. The lowest BCUT2D eigenvalue weighted by atomic mass is 9.98. The van der Waals surface area contributed by atoms with Gasteiger partial charge in [0.1, 0.15) is 5.82 Å². The molecule has 0 saturated carbocycles. The summed E-state index contributed by atoms with van der Waals surface area (Å²) < 4.78 is 41.0. The van der Waals surface area contributed by atoms with Crippen LogP contribution >= 0.6 is 11.3 Å². The Kier molecular flexibility index (Phi) is 6.90. The van der Waals surface area contributed by atoms with E-state index in [0.29, 0.717) is 41.6 Å². The normalized spacial score (nSPS) is 17.8. The van der Waals surface area contributed by atoms with Crippen LogP contribution in [0.25, 0.3) is 11.3 Å². The summed E-state index contributed by atoms with van der Waals surface area (Å²) in [6, 6.07) is 19.0. The number of rotatable bonds is 7. The molecular weight excluding hydrogens is 553 g/mol. The number of sulfonamides is 1. The number of non-ortho nitro benzene ring substituents is 1. The van der Waals surface area contributed by atoms with Gasteiger partial charge in [-0.15, -0.1) is 11.3 Å². The second-order valence-electron chi connectivity index (χ2n) is 9.62. The van der Waals surface area contributed by atoms with Gasteiger partial charge in [-0.25, -0.2) is 22.8 Å². The number of aromatic nitrogens is 1. The first-order valence-electron chi connectivity index (χ1n) is 12.7. The highest BCUT2D eigenvalue weighted by Crippen LogP contribution is 2.40. The molecule has 0 radical (unpaired) electrons. The fourth-order valence-electron chi connectivity index (χ4n) is 4.98. The number of hydrogen-bond donors (Lipinski definition) is 0. The fourth-order valence-corrected chi connectivity index (χ4v) is 7.33. The van der Waals surface area contributed by atoms with Crippen molar-refractivity contribution in [3.63, 3.8) is 0 Å². The van der Waals surface area contributed by atoms with E-state index in [1.807, 2.05) is 5.38 Å². The number of hydrogen-bond acceptors (Lipinski definition) is 8. The Morgan fingerprint density at radius 1 is 0.975 bits per heavy atom. The summed E-state index contributed by atoms with van der Waals surface area (Å²) in [6.07, 6.45) is 2.20. The zero-order valence-corrected chi connectivity index (χ0v) is 22.8. The summed E-state index contributed by atoms with van der Waals surface area (Å²) in [7, 11) is -3.51. The van der Waals surface area contributed by atoms with Gasteiger partial charge < -0.3 is 0 Å². The SMILES string of the molecule is O=[N+]([O-])c1cccc(C2=NN(c3nc(-c4ccc(S(=O)(=O)N5CCCC5)cc4)cs3)[C@H](c3ccc(F)cc3)C2)c1. The van der Waals surface area contributed by atoms with E-state index in [2.05, 4.69) is 0 Å². The number of benzene rings is 3. The van der Waals surface area contributed by atoms with Crippen LogP contribution in [0.3, 0.4) is 0 Å². The monoisotopic (exact) mass is 577 g/mol. The van der Waals surface area contributed by atoms with Gasteiger partial charge in [-0.1, -0.05) is 36.4 Å². The van der Waals surface area contributed by atoms with Crippen LogP contribution in [0.1, 0.15) is 36.4 Å². The van der Waals surface area contributed by atoms with Crippen molar-refractivity contribution in [2.45, 2.75) is 30.2 Å². The van der Waals surface area contributed by atoms with Crippen molar-refractivity contribution >= 4 is 37.9 Å². The molecule has 0 unspecified atom stereocenters. The van der Waals surface area contributed by atoms with Gasteiger partial charge in [-0.05, 0) is 42.7 Å². The Morgan fingerprint density at radius 3 is 2.40 bits per heavy atom. The topological polar surface area (TPSA) is 109 Å². The molecule has 2 aliphatic heterocycles. The molecule has 3 heterocycles. The molecule has 12 heteroatoms. The van der Waals surface area contributed by atoms with Crippen LogP contribution in [0.2, 0.25) is 0 Å². The first-order valence-corrected chi connectivity index (χ1v) is 15.0. The molecule has 1 saturated heterocycles. The van der Waals surface area contributed by atoms with Crippen molar-refractivity contribution in [3.05, 3.63) is 105 Å². The highest BCUT2D eigenvalue weighted by molar-refractivity contribution is 7.89. The minimum Gasteiger partial charge on any atom is -0.258 e. The number of nitro groups is 1. The van der Waals surface area contributed by atoms with Gasteiger partial charge in [0, 0.05) is 48.2 Å². The Bertz CT molecular complexity index is 1700. The Morgan fingerprint density at radius 2 is 1.70 bits per heavy atom. The molecule has 40 heavy (non-hydrogen) atoms. The van der Waals surface area contributed by atoms with Crippen molar-refractivity contribution in [1.82, 2.24) is 9.29 Å². The predicted molar refractivity (Wildman–Crippen MR) is 151 cm³/mol. The standard InChI is InChI=1S/C28H24FN5O4S2/c29-22-10-6-20(7-11-22)27-17-25(21-4-3-5-23(16-21)34(35)36)31-33(27)28-30-26(18-39-28)19-8-12-24(13-9-19)40(37,38)32-14-1-2-15-32/h3-13,16,18,27H,1-2,14-15,17H2/t27-/m0/s1. The summed E-state index contributed by atoms with van der Waals surface area (Å²) >= 11 is 1.38. The number of halogens is 1. The molecule has 2 aliphatic rings. The minimum absolute atomic E-state index is 0.0243. The third-order valence-electron chi connectivity index (χ3n) is 7.10. The molecule has 3 aromatic carbocycles. The number of hydrazone groups is 1. The quantitative estimate of drug-likeness (QED) is 0.197. The summed E-state index contributed by atoms with van der Waals surface area (Å²) in [4.78, 5) is 15.9. The minimum atomic E-state index is -3.51. The van der Waals surface area contributed by atoms with Crippen LogP contribution < -0.4 is 5.01 Å². The Balaban J connectivity index is 1.31. The zero-order valence-electron chi connectivity index (χ0n) is 21.2. The summed E-state index contributed by atoms with van der Waals surface area (Å²) in [5, 5.41) is 20.4. The first-order chi connectivity index (χ1) is 19.3. The van der Waals surface area contributed by atoms with Crippen LogP contribution in [0.15, 0.2) is 88.2 Å². The van der Waals surface area contributed by atoms with E-state index in [4.69, 9.17) is 10.1 Å². The number of nitrogens with zero attached hydrogens (tertiary/aromatic N) is 5. The third kappa shape index (κ3) is 5.01. The van der Waals surface area contributed by atoms with Crippen LogP contribution in [0.5, 0.6) is 0 Å². The van der Waals surface area contributed by atoms with Gasteiger partial charge in [-0.2, -0.15) is 9.41 Å². The van der Waals surface area contributed by atoms with Gasteiger partial charge in [0.2, 0.25) is 15.2 Å². The summed E-state index contributed by atoms with van der Waals surface area (Å²) in [5.74, 6) is -0.347. The van der Waals surface area contributed by atoms with Gasteiger partial charge in [0.25, 0.3) is 5.69 Å². The van der Waals surface area contributed by atoms with Gasteiger partial charge in [0.15, 0.2) is 0 Å². The molecular formula is C28H24FN5O4S2. The van der Waals surface area contributed by atoms with E-state index in [1.54, 1.807) is 53.5 Å². The van der Waals surface area contributed by atoms with Crippen molar-refractivity contribution in [2.24, 2.45) is 5.10 Å². The lowest BCUT2D eigenvalue weighted by Crippen LogP contribution is -2.27. The fraction of sp³-hybridized carbons (Fsp3) is 0.214. The van der Waals surface area contributed by atoms with E-state index in [9.17, 15) is 22.9 Å². The van der Waals surface area contributed by atoms with Crippen molar-refractivity contribution in [2.75, 3.05) is 18.1 Å². The second kappa shape index (κ2) is 10.5. The zero-order chi connectivity index (χ0) is 27.9. The van der Waals surface area contributed by atoms with E-state index >= 15 is 0 Å². The van der Waals surface area contributed by atoms with Gasteiger partial charge in [-0.3, -0.25) is 10.1 Å². The largest absolute Gasteiger partial charge is 0.270 e. The summed E-state index contributed by atoms with van der Waals surface area (Å²) in [5.41, 5.74) is 3.54. The van der Waals surface area contributed by atoms with E-state index in [0.717, 1.165) is 24.0 Å². The number of nitro benzene ring substituents is 1. The molecule has 0 aliphatic carbocycles. The van der Waals surface area contributed by atoms with Crippen molar-refractivity contribution in [1.29, 1.82) is 0 Å². The van der Waals surface area contributed by atoms with E-state index in [1.165, 1.54) is 39.9 Å². The van der Waals surface area contributed by atoms with Crippen LogP contribution in [-0.4, -0.2) is 41.4 Å². The Labute approximate surface area is 234 Å². The molecule has 4 aromatic rings. The van der Waals surface area contributed by atoms with E-state index in [-0.39, 0.29) is 22.4 Å². The number of anilines is 1. The van der Waals surface area contributed by atoms with Crippen LogP contribution in [-0.2, 0) is 10.0 Å². The molecule has 9 nitrogen and oxygen atoms in total. The Hall–Kier alpha value is -4.00. The van der Waals surface area contributed by atoms with Crippen molar-refractivity contribution < 1.29 is 17.7 Å². The molecule has 0 N–H and O–H groups in total.